The smallest absolute Gasteiger partial charge is 0.416 e. The maximum Gasteiger partial charge on any atom is 0.416 e. The molecule has 0 spiro atoms. The highest BCUT2D eigenvalue weighted by molar-refractivity contribution is 5.96. The molecule has 3 aromatic rings. The molecule has 0 saturated carbocycles. The minimum absolute atomic E-state index is 0.00210. The Morgan fingerprint density at radius 2 is 1.90 bits per heavy atom. The van der Waals surface area contributed by atoms with Crippen molar-refractivity contribution in [1.29, 1.82) is 0 Å². The summed E-state index contributed by atoms with van der Waals surface area (Å²) in [4.78, 5) is 18.3. The number of anilines is 2. The Bertz CT molecular complexity index is 1080. The lowest BCUT2D eigenvalue weighted by Gasteiger charge is -2.23. The highest BCUT2D eigenvalue weighted by Gasteiger charge is 2.34. The van der Waals surface area contributed by atoms with Gasteiger partial charge in [0.25, 0.3) is 0 Å². The van der Waals surface area contributed by atoms with Gasteiger partial charge in [0.2, 0.25) is 11.8 Å². The molecule has 1 aromatic heterocycles. The molecule has 0 bridgehead atoms. The molecular weight excluding hydrogens is 395 g/mol. The molecule has 1 aliphatic rings. The molecule has 1 aliphatic heterocycles. The van der Waals surface area contributed by atoms with E-state index in [2.05, 4.69) is 10.3 Å². The molecule has 2 aromatic carbocycles. The van der Waals surface area contributed by atoms with Crippen molar-refractivity contribution in [3.8, 4) is 11.6 Å². The van der Waals surface area contributed by atoms with Gasteiger partial charge in [-0.05, 0) is 42.3 Å². The van der Waals surface area contributed by atoms with Crippen LogP contribution in [0.5, 0.6) is 11.6 Å². The van der Waals surface area contributed by atoms with Crippen LogP contribution in [0, 0.1) is 6.92 Å². The number of aromatic nitrogens is 1. The Balaban J connectivity index is 1.64. The number of nitrogens with zero attached hydrogens (tertiary/aromatic N) is 2. The van der Waals surface area contributed by atoms with E-state index >= 15 is 0 Å². The zero-order valence-electron chi connectivity index (χ0n) is 16.0. The zero-order valence-corrected chi connectivity index (χ0v) is 16.0. The van der Waals surface area contributed by atoms with Crippen molar-refractivity contribution in [2.75, 3.05) is 16.8 Å². The molecule has 0 atom stereocenters. The molecule has 2 heterocycles. The average Bonchev–Trinajstić information content (AvgIpc) is 2.85. The standard InChI is InChI=1S/C22H18F3N3O2/c1-14-9-15-12-28(13-20(29)27-19(15)11-18(14)22(23,24)25)16-5-4-6-17(10-16)30-21-7-2-3-8-26-21/h2-11H,12-13H2,1H3,(H,27,29). The van der Waals surface area contributed by atoms with E-state index in [1.807, 2.05) is 6.07 Å². The lowest BCUT2D eigenvalue weighted by atomic mass is 10.0. The van der Waals surface area contributed by atoms with E-state index in [1.165, 1.54) is 13.0 Å². The van der Waals surface area contributed by atoms with Crippen molar-refractivity contribution in [1.82, 2.24) is 4.98 Å². The first-order valence-electron chi connectivity index (χ1n) is 9.24. The van der Waals surface area contributed by atoms with Gasteiger partial charge in [-0.15, -0.1) is 0 Å². The monoisotopic (exact) mass is 413 g/mol. The third kappa shape index (κ3) is 4.22. The normalized spacial score (nSPS) is 14.0. The Morgan fingerprint density at radius 3 is 2.63 bits per heavy atom. The minimum Gasteiger partial charge on any atom is -0.439 e. The second-order valence-corrected chi connectivity index (χ2v) is 6.99. The SMILES string of the molecule is Cc1cc2c(cc1C(F)(F)F)NC(=O)CN(c1cccc(Oc3ccccn3)c1)C2. The highest BCUT2D eigenvalue weighted by atomic mass is 19.4. The largest absolute Gasteiger partial charge is 0.439 e. The number of hydrogen-bond donors (Lipinski definition) is 1. The number of nitrogens with one attached hydrogen (secondary N) is 1. The second-order valence-electron chi connectivity index (χ2n) is 6.99. The number of carbonyl (C=O) groups is 1. The van der Waals surface area contributed by atoms with Crippen LogP contribution in [0.2, 0.25) is 0 Å². The van der Waals surface area contributed by atoms with Gasteiger partial charge in [-0.3, -0.25) is 4.79 Å². The summed E-state index contributed by atoms with van der Waals surface area (Å²) in [5.74, 6) is 0.588. The van der Waals surface area contributed by atoms with Gasteiger partial charge in [0.05, 0.1) is 12.1 Å². The molecule has 154 valence electrons. The number of aryl methyl sites for hydroxylation is 1. The number of benzene rings is 2. The fourth-order valence-corrected chi connectivity index (χ4v) is 3.40. The van der Waals surface area contributed by atoms with Crippen LogP contribution in [0.4, 0.5) is 24.5 Å². The van der Waals surface area contributed by atoms with Crippen LogP contribution in [-0.4, -0.2) is 17.4 Å². The maximum atomic E-state index is 13.2. The summed E-state index contributed by atoms with van der Waals surface area (Å²) in [5.41, 5.74) is 0.873. The molecule has 1 amide bonds. The van der Waals surface area contributed by atoms with E-state index in [0.29, 0.717) is 22.9 Å². The molecule has 4 rings (SSSR count). The molecule has 0 radical (unpaired) electrons. The first kappa shape index (κ1) is 19.8. The summed E-state index contributed by atoms with van der Waals surface area (Å²) < 4.78 is 45.5. The Kier molecular flexibility index (Phi) is 5.07. The van der Waals surface area contributed by atoms with Gasteiger partial charge in [0.1, 0.15) is 5.75 Å². The van der Waals surface area contributed by atoms with Gasteiger partial charge < -0.3 is 15.0 Å². The molecule has 30 heavy (non-hydrogen) atoms. The van der Waals surface area contributed by atoms with Crippen LogP contribution < -0.4 is 15.0 Å². The minimum atomic E-state index is -4.48. The Labute approximate surface area is 171 Å². The maximum absolute atomic E-state index is 13.2. The van der Waals surface area contributed by atoms with Crippen LogP contribution in [0.1, 0.15) is 16.7 Å². The molecule has 0 saturated heterocycles. The lowest BCUT2D eigenvalue weighted by Crippen LogP contribution is -2.29. The van der Waals surface area contributed by atoms with Crippen LogP contribution in [0.15, 0.2) is 60.8 Å². The summed E-state index contributed by atoms with van der Waals surface area (Å²) in [6.07, 6.45) is -2.86. The predicted octanol–water partition coefficient (Wildman–Crippen LogP) is 5.16. The first-order chi connectivity index (χ1) is 14.3. The van der Waals surface area contributed by atoms with Crippen molar-refractivity contribution in [2.24, 2.45) is 0 Å². The molecule has 0 aliphatic carbocycles. The van der Waals surface area contributed by atoms with Crippen molar-refractivity contribution >= 4 is 17.3 Å². The van der Waals surface area contributed by atoms with Gasteiger partial charge in [-0.2, -0.15) is 13.2 Å². The van der Waals surface area contributed by atoms with Crippen LogP contribution in [0.25, 0.3) is 0 Å². The number of alkyl halides is 3. The molecule has 0 unspecified atom stereocenters. The zero-order chi connectivity index (χ0) is 21.3. The van der Waals surface area contributed by atoms with Gasteiger partial charge in [-0.1, -0.05) is 18.2 Å². The number of amides is 1. The summed E-state index contributed by atoms with van der Waals surface area (Å²) in [6.45, 7) is 1.70. The third-order valence-corrected chi connectivity index (χ3v) is 4.77. The Hall–Kier alpha value is -3.55. The molecule has 8 heteroatoms. The van der Waals surface area contributed by atoms with Gasteiger partial charge in [0, 0.05) is 36.2 Å². The summed E-state index contributed by atoms with van der Waals surface area (Å²) in [5, 5.41) is 2.59. The molecule has 1 N–H and O–H groups in total. The van der Waals surface area contributed by atoms with Gasteiger partial charge in [-0.25, -0.2) is 4.98 Å². The van der Waals surface area contributed by atoms with Crippen molar-refractivity contribution in [2.45, 2.75) is 19.6 Å². The average molecular weight is 413 g/mol. The number of ether oxygens (including phenoxy) is 1. The summed E-state index contributed by atoms with van der Waals surface area (Å²) in [7, 11) is 0. The van der Waals surface area contributed by atoms with Crippen LogP contribution in [0.3, 0.4) is 0 Å². The van der Waals surface area contributed by atoms with Crippen LogP contribution >= 0.6 is 0 Å². The van der Waals surface area contributed by atoms with Crippen molar-refractivity contribution in [3.63, 3.8) is 0 Å². The number of hydrogen-bond acceptors (Lipinski definition) is 4. The number of halogens is 3. The quantitative estimate of drug-likeness (QED) is 0.645. The fourth-order valence-electron chi connectivity index (χ4n) is 3.40. The lowest BCUT2D eigenvalue weighted by molar-refractivity contribution is -0.138. The highest BCUT2D eigenvalue weighted by Crippen LogP contribution is 2.37. The predicted molar refractivity (Wildman–Crippen MR) is 107 cm³/mol. The number of pyridine rings is 1. The number of rotatable bonds is 3. The van der Waals surface area contributed by atoms with Gasteiger partial charge in [0.15, 0.2) is 0 Å². The first-order valence-corrected chi connectivity index (χ1v) is 9.24. The van der Waals surface area contributed by atoms with E-state index < -0.39 is 11.7 Å². The number of fused-ring (bicyclic) bond motifs is 1. The summed E-state index contributed by atoms with van der Waals surface area (Å²) >= 11 is 0. The van der Waals surface area contributed by atoms with Gasteiger partial charge >= 0.3 is 6.18 Å². The van der Waals surface area contributed by atoms with Crippen molar-refractivity contribution < 1.29 is 22.7 Å². The third-order valence-electron chi connectivity index (χ3n) is 4.77. The van der Waals surface area contributed by atoms with E-state index in [1.54, 1.807) is 47.5 Å². The van der Waals surface area contributed by atoms with E-state index in [-0.39, 0.29) is 30.2 Å². The van der Waals surface area contributed by atoms with Crippen molar-refractivity contribution in [3.05, 3.63) is 77.5 Å². The van der Waals surface area contributed by atoms with E-state index in [4.69, 9.17) is 4.74 Å². The second kappa shape index (κ2) is 7.70. The summed E-state index contributed by atoms with van der Waals surface area (Å²) in [6, 6.07) is 14.9. The topological polar surface area (TPSA) is 54.5 Å². The van der Waals surface area contributed by atoms with E-state index in [0.717, 1.165) is 6.07 Å². The number of carbonyl (C=O) groups excluding carboxylic acids is 1. The Morgan fingerprint density at radius 1 is 1.07 bits per heavy atom. The molecular formula is C22H18F3N3O2. The molecule has 0 fully saturated rings. The van der Waals surface area contributed by atoms with E-state index in [9.17, 15) is 18.0 Å². The fraction of sp³-hybridized carbons (Fsp3) is 0.182. The molecule has 5 nitrogen and oxygen atoms in total. The van der Waals surface area contributed by atoms with Crippen LogP contribution in [-0.2, 0) is 17.5 Å².